The molecule has 2 saturated heterocycles. The van der Waals surface area contributed by atoms with Gasteiger partial charge in [0.2, 0.25) is 21.8 Å². The van der Waals surface area contributed by atoms with Gasteiger partial charge in [0.15, 0.2) is 0 Å². The van der Waals surface area contributed by atoms with Gasteiger partial charge in [0.05, 0.1) is 25.5 Å². The highest BCUT2D eigenvalue weighted by atomic mass is 32.2. The summed E-state index contributed by atoms with van der Waals surface area (Å²) in [6.45, 7) is 2.62. The van der Waals surface area contributed by atoms with Gasteiger partial charge in [0.25, 0.3) is 0 Å². The largest absolute Gasteiger partial charge is 0.495 e. The molecule has 0 bridgehead atoms. The molecule has 0 radical (unpaired) electrons. The molecule has 3 fully saturated rings. The number of fused-ring (bicyclic) bond motifs is 1. The molecule has 2 amide bonds. The van der Waals surface area contributed by atoms with Crippen molar-refractivity contribution in [1.29, 1.82) is 0 Å². The SMILES string of the molecule is CC[C@H]1CCCCN1S(=O)(=O)c1cc(CN2C(=O)[C@H]3CCCC[C@H]3C2=O)ccc1OC. The van der Waals surface area contributed by atoms with Crippen LogP contribution in [0.3, 0.4) is 0 Å². The number of carbonyl (C=O) groups excluding carboxylic acids is 2. The zero-order chi connectivity index (χ0) is 22.2. The van der Waals surface area contributed by atoms with Gasteiger partial charge >= 0.3 is 0 Å². The molecule has 2 heterocycles. The number of hydrogen-bond donors (Lipinski definition) is 0. The quantitative estimate of drug-likeness (QED) is 0.624. The van der Waals surface area contributed by atoms with Crippen LogP contribution in [0.15, 0.2) is 23.1 Å². The predicted octanol–water partition coefficient (Wildman–Crippen LogP) is 3.32. The smallest absolute Gasteiger partial charge is 0.247 e. The second-order valence-electron chi connectivity index (χ2n) is 8.92. The Kier molecular flexibility index (Phi) is 6.40. The molecule has 31 heavy (non-hydrogen) atoms. The Morgan fingerprint density at radius 1 is 1.00 bits per heavy atom. The van der Waals surface area contributed by atoms with Crippen LogP contribution in [0.25, 0.3) is 0 Å². The van der Waals surface area contributed by atoms with Crippen molar-refractivity contribution in [2.24, 2.45) is 11.8 Å². The monoisotopic (exact) mass is 448 g/mol. The third kappa shape index (κ3) is 4.00. The molecule has 2 aliphatic heterocycles. The van der Waals surface area contributed by atoms with E-state index in [0.717, 1.165) is 51.4 Å². The molecular formula is C23H32N2O5S. The van der Waals surface area contributed by atoms with Crippen LogP contribution in [0.4, 0.5) is 0 Å². The lowest BCUT2D eigenvalue weighted by Gasteiger charge is -2.34. The summed E-state index contributed by atoms with van der Waals surface area (Å²) in [5.41, 5.74) is 0.629. The number of imide groups is 1. The zero-order valence-electron chi connectivity index (χ0n) is 18.4. The van der Waals surface area contributed by atoms with Crippen LogP contribution in [-0.2, 0) is 26.2 Å². The number of methoxy groups -OCH3 is 1. The molecule has 3 aliphatic rings. The van der Waals surface area contributed by atoms with E-state index in [1.165, 1.54) is 12.0 Å². The number of ether oxygens (including phenoxy) is 1. The van der Waals surface area contributed by atoms with Gasteiger partial charge < -0.3 is 4.74 Å². The highest BCUT2D eigenvalue weighted by Gasteiger charge is 2.48. The molecule has 1 saturated carbocycles. The second kappa shape index (κ2) is 8.90. The van der Waals surface area contributed by atoms with Crippen molar-refractivity contribution < 1.29 is 22.7 Å². The Balaban J connectivity index is 1.64. The first-order valence-electron chi connectivity index (χ1n) is 11.4. The zero-order valence-corrected chi connectivity index (χ0v) is 19.2. The van der Waals surface area contributed by atoms with Gasteiger partial charge in [-0.05, 0) is 49.8 Å². The molecular weight excluding hydrogens is 416 g/mol. The van der Waals surface area contributed by atoms with Crippen molar-refractivity contribution in [1.82, 2.24) is 9.21 Å². The minimum absolute atomic E-state index is 0.0167. The average molecular weight is 449 g/mol. The summed E-state index contributed by atoms with van der Waals surface area (Å²) >= 11 is 0. The number of amides is 2. The molecule has 0 aromatic heterocycles. The van der Waals surface area contributed by atoms with Crippen LogP contribution in [0.5, 0.6) is 5.75 Å². The highest BCUT2D eigenvalue weighted by Crippen LogP contribution is 2.39. The van der Waals surface area contributed by atoms with Gasteiger partial charge in [-0.15, -0.1) is 0 Å². The molecule has 0 unspecified atom stereocenters. The average Bonchev–Trinajstić information content (AvgIpc) is 3.04. The van der Waals surface area contributed by atoms with Gasteiger partial charge in [-0.1, -0.05) is 32.3 Å². The number of benzene rings is 1. The van der Waals surface area contributed by atoms with Crippen molar-refractivity contribution in [3.8, 4) is 5.75 Å². The van der Waals surface area contributed by atoms with E-state index in [0.29, 0.717) is 12.1 Å². The normalized spacial score (nSPS) is 27.4. The predicted molar refractivity (Wildman–Crippen MR) is 116 cm³/mol. The third-order valence-corrected chi connectivity index (χ3v) is 9.11. The van der Waals surface area contributed by atoms with E-state index in [1.54, 1.807) is 22.5 Å². The summed E-state index contributed by atoms with van der Waals surface area (Å²) in [4.78, 5) is 27.1. The van der Waals surface area contributed by atoms with E-state index in [9.17, 15) is 18.0 Å². The summed E-state index contributed by atoms with van der Waals surface area (Å²) in [6.07, 6.45) is 6.99. The molecule has 3 atom stereocenters. The van der Waals surface area contributed by atoms with E-state index in [1.807, 2.05) is 6.92 Å². The molecule has 0 N–H and O–H groups in total. The summed E-state index contributed by atoms with van der Waals surface area (Å²) in [6, 6.07) is 4.94. The van der Waals surface area contributed by atoms with E-state index >= 15 is 0 Å². The fourth-order valence-corrected chi connectivity index (χ4v) is 7.39. The van der Waals surface area contributed by atoms with Gasteiger partial charge in [-0.2, -0.15) is 4.31 Å². The maximum absolute atomic E-state index is 13.6. The van der Waals surface area contributed by atoms with Crippen LogP contribution in [0.2, 0.25) is 0 Å². The summed E-state index contributed by atoms with van der Waals surface area (Å²) in [5, 5.41) is 0. The van der Waals surface area contributed by atoms with Crippen LogP contribution in [-0.4, -0.2) is 49.1 Å². The molecule has 7 nitrogen and oxygen atoms in total. The van der Waals surface area contributed by atoms with E-state index in [2.05, 4.69) is 0 Å². The van der Waals surface area contributed by atoms with Crippen LogP contribution in [0, 0.1) is 11.8 Å². The minimum atomic E-state index is -3.75. The lowest BCUT2D eigenvalue weighted by Crippen LogP contribution is -2.43. The van der Waals surface area contributed by atoms with Crippen LogP contribution in [0.1, 0.15) is 63.9 Å². The number of sulfonamides is 1. The fraction of sp³-hybridized carbons (Fsp3) is 0.652. The van der Waals surface area contributed by atoms with Crippen molar-refractivity contribution in [3.05, 3.63) is 23.8 Å². The lowest BCUT2D eigenvalue weighted by atomic mass is 9.81. The number of nitrogens with zero attached hydrogens (tertiary/aromatic N) is 2. The number of rotatable bonds is 6. The molecule has 4 rings (SSSR count). The Morgan fingerprint density at radius 3 is 2.26 bits per heavy atom. The topological polar surface area (TPSA) is 84.0 Å². The highest BCUT2D eigenvalue weighted by molar-refractivity contribution is 7.89. The first-order valence-corrected chi connectivity index (χ1v) is 12.9. The maximum atomic E-state index is 13.6. The Labute approximate surface area is 184 Å². The van der Waals surface area contributed by atoms with Crippen LogP contribution < -0.4 is 4.74 Å². The van der Waals surface area contributed by atoms with Gasteiger partial charge in [-0.3, -0.25) is 14.5 Å². The number of piperidine rings is 1. The molecule has 8 heteroatoms. The lowest BCUT2D eigenvalue weighted by molar-refractivity contribution is -0.140. The van der Waals surface area contributed by atoms with Crippen molar-refractivity contribution >= 4 is 21.8 Å². The summed E-state index contributed by atoms with van der Waals surface area (Å²) < 4.78 is 34.1. The van der Waals surface area contributed by atoms with Crippen molar-refractivity contribution in [2.45, 2.75) is 75.8 Å². The Bertz CT molecular complexity index is 937. The standard InChI is InChI=1S/C23H32N2O5S/c1-3-17-8-6-7-13-25(17)31(28,29)21-14-16(11-12-20(21)30-2)15-24-22(26)18-9-4-5-10-19(18)23(24)27/h11-12,14,17-19H,3-10,13,15H2,1-2H3/t17-,18-,19+/m0/s1. The maximum Gasteiger partial charge on any atom is 0.247 e. The van der Waals surface area contributed by atoms with Gasteiger partial charge in [0, 0.05) is 12.6 Å². The molecule has 0 spiro atoms. The number of likely N-dealkylation sites (tertiary alicyclic amines) is 1. The second-order valence-corrected chi connectivity index (χ2v) is 10.8. The first-order chi connectivity index (χ1) is 14.9. The Hall–Kier alpha value is -1.93. The van der Waals surface area contributed by atoms with Crippen molar-refractivity contribution in [3.63, 3.8) is 0 Å². The number of hydrogen-bond acceptors (Lipinski definition) is 5. The summed E-state index contributed by atoms with van der Waals surface area (Å²) in [5.74, 6) is -0.353. The van der Waals surface area contributed by atoms with E-state index in [-0.39, 0.29) is 46.9 Å². The Morgan fingerprint density at radius 2 is 1.65 bits per heavy atom. The minimum Gasteiger partial charge on any atom is -0.495 e. The third-order valence-electron chi connectivity index (χ3n) is 7.13. The first kappa shape index (κ1) is 22.3. The number of carbonyl (C=O) groups is 2. The van der Waals surface area contributed by atoms with Crippen molar-refractivity contribution in [2.75, 3.05) is 13.7 Å². The summed E-state index contributed by atoms with van der Waals surface area (Å²) in [7, 11) is -2.29. The van der Waals surface area contributed by atoms with Gasteiger partial charge in [0.1, 0.15) is 10.6 Å². The van der Waals surface area contributed by atoms with E-state index in [4.69, 9.17) is 4.74 Å². The van der Waals surface area contributed by atoms with Gasteiger partial charge in [-0.25, -0.2) is 8.42 Å². The van der Waals surface area contributed by atoms with Crippen LogP contribution >= 0.6 is 0 Å². The molecule has 170 valence electrons. The molecule has 1 aromatic carbocycles. The molecule has 1 aromatic rings. The molecule has 1 aliphatic carbocycles. The van der Waals surface area contributed by atoms with E-state index < -0.39 is 10.0 Å². The fourth-order valence-electron chi connectivity index (χ4n) is 5.42.